The SMILES string of the molecule is CC(C)=CCC(C)C(=O)c1cc(Cl)ccn1. The van der Waals surface area contributed by atoms with Crippen molar-refractivity contribution in [1.82, 2.24) is 4.98 Å². The highest BCUT2D eigenvalue weighted by Crippen LogP contribution is 2.15. The van der Waals surface area contributed by atoms with Gasteiger partial charge in [-0.05, 0) is 32.4 Å². The first-order valence-electron chi connectivity index (χ1n) is 5.30. The van der Waals surface area contributed by atoms with Crippen molar-refractivity contribution in [3.8, 4) is 0 Å². The second kappa shape index (κ2) is 5.80. The molecule has 16 heavy (non-hydrogen) atoms. The molecule has 1 rings (SSSR count). The number of carbonyl (C=O) groups is 1. The van der Waals surface area contributed by atoms with Crippen LogP contribution < -0.4 is 0 Å². The highest BCUT2D eigenvalue weighted by Gasteiger charge is 2.15. The molecule has 0 radical (unpaired) electrons. The molecule has 3 heteroatoms. The van der Waals surface area contributed by atoms with Gasteiger partial charge in [0, 0.05) is 17.1 Å². The molecule has 0 N–H and O–H groups in total. The van der Waals surface area contributed by atoms with Crippen molar-refractivity contribution in [2.24, 2.45) is 5.92 Å². The molecule has 0 aliphatic heterocycles. The van der Waals surface area contributed by atoms with Gasteiger partial charge in [-0.25, -0.2) is 0 Å². The van der Waals surface area contributed by atoms with Gasteiger partial charge in [-0.15, -0.1) is 0 Å². The Labute approximate surface area is 101 Å². The summed E-state index contributed by atoms with van der Waals surface area (Å²) in [7, 11) is 0. The molecule has 0 amide bonds. The Morgan fingerprint density at radius 3 is 2.81 bits per heavy atom. The fourth-order valence-electron chi connectivity index (χ4n) is 1.31. The molecule has 86 valence electrons. The Morgan fingerprint density at radius 1 is 1.56 bits per heavy atom. The number of nitrogens with zero attached hydrogens (tertiary/aromatic N) is 1. The number of ketones is 1. The number of hydrogen-bond donors (Lipinski definition) is 0. The number of pyridine rings is 1. The van der Waals surface area contributed by atoms with E-state index in [0.717, 1.165) is 6.42 Å². The van der Waals surface area contributed by atoms with E-state index in [1.807, 2.05) is 20.8 Å². The largest absolute Gasteiger partial charge is 0.292 e. The van der Waals surface area contributed by atoms with Crippen LogP contribution in [-0.2, 0) is 0 Å². The third-order valence-corrected chi connectivity index (χ3v) is 2.54. The van der Waals surface area contributed by atoms with Gasteiger partial charge in [-0.1, -0.05) is 30.2 Å². The van der Waals surface area contributed by atoms with E-state index in [4.69, 9.17) is 11.6 Å². The molecule has 0 fully saturated rings. The molecule has 0 aliphatic rings. The van der Waals surface area contributed by atoms with E-state index in [-0.39, 0.29) is 11.7 Å². The Morgan fingerprint density at radius 2 is 2.25 bits per heavy atom. The molecule has 1 aromatic rings. The van der Waals surface area contributed by atoms with Gasteiger partial charge in [0.15, 0.2) is 5.78 Å². The summed E-state index contributed by atoms with van der Waals surface area (Å²) >= 11 is 5.82. The van der Waals surface area contributed by atoms with Gasteiger partial charge < -0.3 is 0 Å². The molecule has 2 nitrogen and oxygen atoms in total. The van der Waals surface area contributed by atoms with Gasteiger partial charge in [0.05, 0.1) is 0 Å². The lowest BCUT2D eigenvalue weighted by Crippen LogP contribution is -2.12. The summed E-state index contributed by atoms with van der Waals surface area (Å²) in [5.41, 5.74) is 1.67. The number of allylic oxidation sites excluding steroid dienone is 2. The van der Waals surface area contributed by atoms with Crippen LogP contribution in [0.1, 0.15) is 37.7 Å². The molecule has 0 aromatic carbocycles. The van der Waals surface area contributed by atoms with E-state index in [1.54, 1.807) is 18.3 Å². The fourth-order valence-corrected chi connectivity index (χ4v) is 1.47. The molecular formula is C13H16ClNO. The number of aromatic nitrogens is 1. The van der Waals surface area contributed by atoms with Crippen molar-refractivity contribution in [2.75, 3.05) is 0 Å². The lowest BCUT2D eigenvalue weighted by atomic mass is 9.98. The Bertz CT molecular complexity index is 408. The number of Topliss-reactive ketones (excluding diaryl/α,β-unsaturated/α-hetero) is 1. The highest BCUT2D eigenvalue weighted by molar-refractivity contribution is 6.30. The minimum Gasteiger partial charge on any atom is -0.292 e. The summed E-state index contributed by atoms with van der Waals surface area (Å²) in [4.78, 5) is 16.0. The summed E-state index contributed by atoms with van der Waals surface area (Å²) in [6.45, 7) is 5.95. The standard InChI is InChI=1S/C13H16ClNO/c1-9(2)4-5-10(3)13(16)12-8-11(14)6-7-15-12/h4,6-8,10H,5H2,1-3H3. The number of rotatable bonds is 4. The molecule has 0 saturated carbocycles. The zero-order chi connectivity index (χ0) is 12.1. The maximum atomic E-state index is 12.0. The lowest BCUT2D eigenvalue weighted by Gasteiger charge is -2.07. The van der Waals surface area contributed by atoms with Crippen LogP contribution in [0.15, 0.2) is 30.0 Å². The predicted molar refractivity (Wildman–Crippen MR) is 66.8 cm³/mol. The third-order valence-electron chi connectivity index (χ3n) is 2.30. The van der Waals surface area contributed by atoms with E-state index in [1.165, 1.54) is 5.57 Å². The van der Waals surface area contributed by atoms with Crippen LogP contribution in [-0.4, -0.2) is 10.8 Å². The van der Waals surface area contributed by atoms with E-state index >= 15 is 0 Å². The first-order valence-corrected chi connectivity index (χ1v) is 5.67. The van der Waals surface area contributed by atoms with Crippen LogP contribution in [0.4, 0.5) is 0 Å². The van der Waals surface area contributed by atoms with Gasteiger partial charge in [-0.2, -0.15) is 0 Å². The maximum absolute atomic E-state index is 12.0. The summed E-state index contributed by atoms with van der Waals surface area (Å²) in [6, 6.07) is 3.28. The van der Waals surface area contributed by atoms with Crippen molar-refractivity contribution < 1.29 is 4.79 Å². The maximum Gasteiger partial charge on any atom is 0.184 e. The summed E-state index contributed by atoms with van der Waals surface area (Å²) in [6.07, 6.45) is 4.37. The monoisotopic (exact) mass is 237 g/mol. The first-order chi connectivity index (χ1) is 7.50. The minimum atomic E-state index is -0.0548. The predicted octanol–water partition coefficient (Wildman–Crippen LogP) is 3.91. The number of halogens is 1. The molecule has 1 heterocycles. The van der Waals surface area contributed by atoms with Crippen molar-refractivity contribution in [3.63, 3.8) is 0 Å². The van der Waals surface area contributed by atoms with E-state index in [2.05, 4.69) is 11.1 Å². The Balaban J connectivity index is 2.74. The molecular weight excluding hydrogens is 222 g/mol. The minimum absolute atomic E-state index is 0.0417. The van der Waals surface area contributed by atoms with Crippen LogP contribution in [0.3, 0.4) is 0 Å². The molecule has 0 aliphatic carbocycles. The first kappa shape index (κ1) is 12.9. The second-order valence-corrected chi connectivity index (χ2v) is 4.58. The Kier molecular flexibility index (Phi) is 4.69. The topological polar surface area (TPSA) is 30.0 Å². The average molecular weight is 238 g/mol. The smallest absolute Gasteiger partial charge is 0.184 e. The van der Waals surface area contributed by atoms with Gasteiger partial charge >= 0.3 is 0 Å². The van der Waals surface area contributed by atoms with Crippen molar-refractivity contribution in [2.45, 2.75) is 27.2 Å². The molecule has 1 aromatic heterocycles. The van der Waals surface area contributed by atoms with Crippen molar-refractivity contribution >= 4 is 17.4 Å². The molecule has 0 bridgehead atoms. The number of carbonyl (C=O) groups excluding carboxylic acids is 1. The molecule has 1 unspecified atom stereocenters. The highest BCUT2D eigenvalue weighted by atomic mass is 35.5. The third kappa shape index (κ3) is 3.78. The van der Waals surface area contributed by atoms with E-state index in [9.17, 15) is 4.79 Å². The quantitative estimate of drug-likeness (QED) is 0.587. The van der Waals surface area contributed by atoms with Crippen LogP contribution in [0.5, 0.6) is 0 Å². The number of hydrogen-bond acceptors (Lipinski definition) is 2. The van der Waals surface area contributed by atoms with Gasteiger partial charge in [0.2, 0.25) is 0 Å². The van der Waals surface area contributed by atoms with Crippen LogP contribution in [0, 0.1) is 5.92 Å². The molecule has 0 saturated heterocycles. The zero-order valence-corrected chi connectivity index (χ0v) is 10.6. The van der Waals surface area contributed by atoms with Gasteiger partial charge in [-0.3, -0.25) is 9.78 Å². The van der Waals surface area contributed by atoms with E-state index < -0.39 is 0 Å². The van der Waals surface area contributed by atoms with E-state index in [0.29, 0.717) is 10.7 Å². The van der Waals surface area contributed by atoms with Crippen LogP contribution in [0.25, 0.3) is 0 Å². The van der Waals surface area contributed by atoms with Gasteiger partial charge in [0.25, 0.3) is 0 Å². The fraction of sp³-hybridized carbons (Fsp3) is 0.385. The van der Waals surface area contributed by atoms with Crippen molar-refractivity contribution in [3.05, 3.63) is 40.7 Å². The normalized spacial score (nSPS) is 12.0. The molecule has 1 atom stereocenters. The van der Waals surface area contributed by atoms with Crippen molar-refractivity contribution in [1.29, 1.82) is 0 Å². The zero-order valence-electron chi connectivity index (χ0n) is 9.83. The lowest BCUT2D eigenvalue weighted by molar-refractivity contribution is 0.0926. The summed E-state index contributed by atoms with van der Waals surface area (Å²) < 4.78 is 0. The van der Waals surface area contributed by atoms with Crippen LogP contribution >= 0.6 is 11.6 Å². The second-order valence-electron chi connectivity index (χ2n) is 4.14. The molecule has 0 spiro atoms. The van der Waals surface area contributed by atoms with Gasteiger partial charge in [0.1, 0.15) is 5.69 Å². The Hall–Kier alpha value is -1.15. The summed E-state index contributed by atoms with van der Waals surface area (Å²) in [5, 5.41) is 0.549. The summed E-state index contributed by atoms with van der Waals surface area (Å²) in [5.74, 6) is -0.0131. The average Bonchev–Trinajstić information content (AvgIpc) is 2.24. The van der Waals surface area contributed by atoms with Crippen LogP contribution in [0.2, 0.25) is 5.02 Å².